The van der Waals surface area contributed by atoms with Crippen molar-refractivity contribution < 1.29 is 4.79 Å². The second-order valence-corrected chi connectivity index (χ2v) is 7.71. The van der Waals surface area contributed by atoms with E-state index in [2.05, 4.69) is 10.3 Å². The van der Waals surface area contributed by atoms with Gasteiger partial charge in [0.05, 0.1) is 11.7 Å². The SMILES string of the molecule is Cc1ccc(NC(=O)[C@@H](C)n2cnc3sc(-c4ccccc4)cc3c2=O)cc1. The van der Waals surface area contributed by atoms with Gasteiger partial charge in [-0.3, -0.25) is 14.2 Å². The molecule has 0 saturated carbocycles. The van der Waals surface area contributed by atoms with Gasteiger partial charge in [0.25, 0.3) is 5.56 Å². The molecule has 140 valence electrons. The summed E-state index contributed by atoms with van der Waals surface area (Å²) in [4.78, 5) is 31.6. The Kier molecular flexibility index (Phi) is 4.79. The van der Waals surface area contributed by atoms with Crippen LogP contribution in [0.4, 0.5) is 5.69 Å². The third kappa shape index (κ3) is 3.46. The van der Waals surface area contributed by atoms with Crippen molar-refractivity contribution in [2.45, 2.75) is 19.9 Å². The highest BCUT2D eigenvalue weighted by Gasteiger charge is 2.19. The van der Waals surface area contributed by atoms with Gasteiger partial charge in [-0.15, -0.1) is 11.3 Å². The van der Waals surface area contributed by atoms with E-state index in [4.69, 9.17) is 0 Å². The Morgan fingerprint density at radius 2 is 1.82 bits per heavy atom. The Morgan fingerprint density at radius 3 is 2.54 bits per heavy atom. The number of benzene rings is 2. The summed E-state index contributed by atoms with van der Waals surface area (Å²) in [5, 5.41) is 3.38. The molecule has 28 heavy (non-hydrogen) atoms. The first-order valence-corrected chi connectivity index (χ1v) is 9.78. The summed E-state index contributed by atoms with van der Waals surface area (Å²) >= 11 is 1.47. The van der Waals surface area contributed by atoms with E-state index in [-0.39, 0.29) is 11.5 Å². The van der Waals surface area contributed by atoms with E-state index in [1.54, 1.807) is 6.92 Å². The minimum Gasteiger partial charge on any atom is -0.324 e. The van der Waals surface area contributed by atoms with Crippen LogP contribution in [0.1, 0.15) is 18.5 Å². The number of nitrogens with zero attached hydrogens (tertiary/aromatic N) is 2. The molecule has 2 heterocycles. The molecule has 4 rings (SSSR count). The first-order valence-electron chi connectivity index (χ1n) is 8.96. The Balaban J connectivity index is 1.64. The van der Waals surface area contributed by atoms with Crippen molar-refractivity contribution in [3.8, 4) is 10.4 Å². The van der Waals surface area contributed by atoms with Gasteiger partial charge in [-0.1, -0.05) is 48.0 Å². The minimum atomic E-state index is -0.675. The monoisotopic (exact) mass is 389 g/mol. The summed E-state index contributed by atoms with van der Waals surface area (Å²) in [5.74, 6) is -0.259. The highest BCUT2D eigenvalue weighted by Crippen LogP contribution is 2.30. The second kappa shape index (κ2) is 7.40. The van der Waals surface area contributed by atoms with Gasteiger partial charge in [0.2, 0.25) is 5.91 Å². The number of anilines is 1. The van der Waals surface area contributed by atoms with Crippen LogP contribution < -0.4 is 10.9 Å². The number of hydrogen-bond donors (Lipinski definition) is 1. The lowest BCUT2D eigenvalue weighted by atomic mass is 10.2. The molecule has 0 aliphatic heterocycles. The third-order valence-corrected chi connectivity index (χ3v) is 5.74. The molecule has 0 saturated heterocycles. The molecule has 6 heteroatoms. The topological polar surface area (TPSA) is 64.0 Å². The minimum absolute atomic E-state index is 0.213. The van der Waals surface area contributed by atoms with Crippen LogP contribution >= 0.6 is 11.3 Å². The molecule has 0 unspecified atom stereocenters. The van der Waals surface area contributed by atoms with Crippen molar-refractivity contribution in [2.24, 2.45) is 0 Å². The fourth-order valence-corrected chi connectivity index (χ4v) is 3.96. The fourth-order valence-electron chi connectivity index (χ4n) is 2.97. The molecule has 2 aromatic carbocycles. The van der Waals surface area contributed by atoms with Crippen molar-refractivity contribution in [1.82, 2.24) is 9.55 Å². The molecular weight excluding hydrogens is 370 g/mol. The van der Waals surface area contributed by atoms with E-state index in [0.717, 1.165) is 16.0 Å². The lowest BCUT2D eigenvalue weighted by molar-refractivity contribution is -0.118. The number of amides is 1. The fraction of sp³-hybridized carbons (Fsp3) is 0.136. The molecule has 0 bridgehead atoms. The van der Waals surface area contributed by atoms with Crippen molar-refractivity contribution >= 4 is 33.1 Å². The molecule has 0 aliphatic carbocycles. The van der Waals surface area contributed by atoms with Crippen molar-refractivity contribution in [3.63, 3.8) is 0 Å². The zero-order valence-electron chi connectivity index (χ0n) is 15.5. The van der Waals surface area contributed by atoms with Gasteiger partial charge in [0, 0.05) is 10.6 Å². The van der Waals surface area contributed by atoms with Crippen LogP contribution in [0.2, 0.25) is 0 Å². The van der Waals surface area contributed by atoms with Gasteiger partial charge in [-0.25, -0.2) is 4.98 Å². The van der Waals surface area contributed by atoms with Crippen LogP contribution in [0, 0.1) is 6.92 Å². The lowest BCUT2D eigenvalue weighted by Crippen LogP contribution is -2.31. The van der Waals surface area contributed by atoms with Crippen LogP contribution in [-0.4, -0.2) is 15.5 Å². The van der Waals surface area contributed by atoms with Crippen LogP contribution in [0.5, 0.6) is 0 Å². The number of thiophene rings is 1. The summed E-state index contributed by atoms with van der Waals surface area (Å²) in [6.07, 6.45) is 1.45. The van der Waals surface area contributed by atoms with Crippen molar-refractivity contribution in [2.75, 3.05) is 5.32 Å². The Bertz CT molecular complexity index is 1190. The normalized spacial score (nSPS) is 12.1. The molecule has 2 aromatic heterocycles. The summed E-state index contributed by atoms with van der Waals surface area (Å²) in [7, 11) is 0. The molecule has 0 aliphatic rings. The number of carbonyl (C=O) groups excluding carboxylic acids is 1. The predicted molar refractivity (Wildman–Crippen MR) is 114 cm³/mol. The zero-order valence-corrected chi connectivity index (χ0v) is 16.4. The quantitative estimate of drug-likeness (QED) is 0.553. The van der Waals surface area contributed by atoms with Crippen molar-refractivity contribution in [1.29, 1.82) is 0 Å². The lowest BCUT2D eigenvalue weighted by Gasteiger charge is -2.14. The number of hydrogen-bond acceptors (Lipinski definition) is 4. The first kappa shape index (κ1) is 18.1. The maximum Gasteiger partial charge on any atom is 0.262 e. The number of aryl methyl sites for hydroxylation is 1. The van der Waals surface area contributed by atoms with Gasteiger partial charge < -0.3 is 5.32 Å². The molecule has 0 fully saturated rings. The van der Waals surface area contributed by atoms with Crippen molar-refractivity contribution in [3.05, 3.63) is 82.9 Å². The summed E-state index contributed by atoms with van der Waals surface area (Å²) in [5.41, 5.74) is 2.65. The Morgan fingerprint density at radius 1 is 1.11 bits per heavy atom. The number of rotatable bonds is 4. The predicted octanol–water partition coefficient (Wildman–Crippen LogP) is 4.63. The van der Waals surface area contributed by atoms with E-state index < -0.39 is 6.04 Å². The number of carbonyl (C=O) groups is 1. The molecule has 5 nitrogen and oxygen atoms in total. The van der Waals surface area contributed by atoms with Crippen LogP contribution in [0.25, 0.3) is 20.7 Å². The van der Waals surface area contributed by atoms with E-state index in [9.17, 15) is 9.59 Å². The molecule has 1 N–H and O–H groups in total. The van der Waals surface area contributed by atoms with E-state index >= 15 is 0 Å². The Hall–Kier alpha value is -3.25. The van der Waals surface area contributed by atoms with Gasteiger partial charge in [0.15, 0.2) is 0 Å². The second-order valence-electron chi connectivity index (χ2n) is 6.68. The zero-order chi connectivity index (χ0) is 19.7. The Labute approximate surface area is 166 Å². The van der Waals surface area contributed by atoms with Crippen LogP contribution in [-0.2, 0) is 4.79 Å². The van der Waals surface area contributed by atoms with E-state index in [1.165, 1.54) is 22.2 Å². The maximum absolute atomic E-state index is 13.0. The third-order valence-electron chi connectivity index (χ3n) is 4.65. The molecule has 0 radical (unpaired) electrons. The smallest absolute Gasteiger partial charge is 0.262 e. The van der Waals surface area contributed by atoms with Gasteiger partial charge in [-0.05, 0) is 37.6 Å². The molecular formula is C22H19N3O2S. The molecule has 4 aromatic rings. The van der Waals surface area contributed by atoms with Gasteiger partial charge in [-0.2, -0.15) is 0 Å². The molecule has 0 spiro atoms. The largest absolute Gasteiger partial charge is 0.324 e. The van der Waals surface area contributed by atoms with Gasteiger partial charge in [0.1, 0.15) is 10.9 Å². The molecule has 1 amide bonds. The average molecular weight is 389 g/mol. The summed E-state index contributed by atoms with van der Waals surface area (Å²) in [6, 6.07) is 18.6. The highest BCUT2D eigenvalue weighted by molar-refractivity contribution is 7.21. The maximum atomic E-state index is 13.0. The number of fused-ring (bicyclic) bond motifs is 1. The van der Waals surface area contributed by atoms with E-state index in [1.807, 2.05) is 67.6 Å². The average Bonchev–Trinajstić information content (AvgIpc) is 3.15. The molecule has 1 atom stereocenters. The summed E-state index contributed by atoms with van der Waals surface area (Å²) in [6.45, 7) is 3.68. The standard InChI is InChI=1S/C22H19N3O2S/c1-14-8-10-17(11-9-14)24-20(26)15(2)25-13-23-21-18(22(25)27)12-19(28-21)16-6-4-3-5-7-16/h3-13,15H,1-2H3,(H,24,26)/t15-/m1/s1. The van der Waals surface area contributed by atoms with Crippen LogP contribution in [0.3, 0.4) is 0 Å². The number of aromatic nitrogens is 2. The summed E-state index contributed by atoms with van der Waals surface area (Å²) < 4.78 is 1.38. The highest BCUT2D eigenvalue weighted by atomic mass is 32.1. The van der Waals surface area contributed by atoms with Crippen LogP contribution in [0.15, 0.2) is 71.8 Å². The first-order chi connectivity index (χ1) is 13.5. The van der Waals surface area contributed by atoms with Gasteiger partial charge >= 0.3 is 0 Å². The number of nitrogens with one attached hydrogen (secondary N) is 1. The van der Waals surface area contributed by atoms with E-state index in [0.29, 0.717) is 15.9 Å².